The second-order valence-electron chi connectivity index (χ2n) is 4.04. The van der Waals surface area contributed by atoms with Crippen LogP contribution in [0.15, 0.2) is 24.4 Å². The van der Waals surface area contributed by atoms with Gasteiger partial charge in [0.15, 0.2) is 11.5 Å². The zero-order valence-corrected chi connectivity index (χ0v) is 8.76. The number of hydrogen-bond donors (Lipinski definition) is 1. The fourth-order valence-corrected chi connectivity index (χ4v) is 1.67. The average Bonchev–Trinajstić information content (AvgIpc) is 3.08. The summed E-state index contributed by atoms with van der Waals surface area (Å²) in [6, 6.07) is 5.72. The van der Waals surface area contributed by atoms with Crippen LogP contribution in [0.5, 0.6) is 0 Å². The number of carbonyl (C=O) groups is 1. The molecule has 1 amide bonds. The van der Waals surface area contributed by atoms with Crippen LogP contribution in [0.1, 0.15) is 18.7 Å². The maximum absolute atomic E-state index is 11.5. The van der Waals surface area contributed by atoms with Crippen molar-refractivity contribution in [2.75, 3.05) is 0 Å². The van der Waals surface area contributed by atoms with Gasteiger partial charge in [0, 0.05) is 12.1 Å². The van der Waals surface area contributed by atoms with E-state index >= 15 is 0 Å². The minimum atomic E-state index is 0.132. The van der Waals surface area contributed by atoms with E-state index in [-0.39, 0.29) is 11.8 Å². The van der Waals surface area contributed by atoms with Crippen molar-refractivity contribution in [3.05, 3.63) is 30.2 Å². The van der Waals surface area contributed by atoms with Crippen LogP contribution in [-0.4, -0.2) is 20.5 Å². The van der Waals surface area contributed by atoms with E-state index in [2.05, 4.69) is 15.5 Å². The molecule has 2 aromatic heterocycles. The summed E-state index contributed by atoms with van der Waals surface area (Å²) < 4.78 is 1.88. The second-order valence-corrected chi connectivity index (χ2v) is 4.04. The fraction of sp³-hybridized carbons (Fsp3) is 0.364. The number of pyridine rings is 1. The normalized spacial score (nSPS) is 15.2. The van der Waals surface area contributed by atoms with Crippen LogP contribution < -0.4 is 5.32 Å². The third-order valence-electron chi connectivity index (χ3n) is 2.75. The number of fused-ring (bicyclic) bond motifs is 1. The van der Waals surface area contributed by atoms with E-state index in [9.17, 15) is 4.79 Å². The molecule has 0 radical (unpaired) electrons. The molecule has 0 aromatic carbocycles. The lowest BCUT2D eigenvalue weighted by molar-refractivity contribution is -0.122. The van der Waals surface area contributed by atoms with E-state index in [0.717, 1.165) is 24.3 Å². The van der Waals surface area contributed by atoms with E-state index in [1.54, 1.807) is 0 Å². The number of carbonyl (C=O) groups excluding carboxylic acids is 1. The summed E-state index contributed by atoms with van der Waals surface area (Å²) in [5, 5.41) is 10.9. The molecule has 1 aliphatic rings. The van der Waals surface area contributed by atoms with Gasteiger partial charge in [0.1, 0.15) is 0 Å². The van der Waals surface area contributed by atoms with Crippen LogP contribution in [0.4, 0.5) is 0 Å². The van der Waals surface area contributed by atoms with Crippen molar-refractivity contribution >= 4 is 11.6 Å². The summed E-state index contributed by atoms with van der Waals surface area (Å²) >= 11 is 0. The van der Waals surface area contributed by atoms with E-state index in [4.69, 9.17) is 0 Å². The number of rotatable bonds is 3. The summed E-state index contributed by atoms with van der Waals surface area (Å²) in [6.45, 7) is 0.445. The predicted molar refractivity (Wildman–Crippen MR) is 57.6 cm³/mol. The topological polar surface area (TPSA) is 59.3 Å². The van der Waals surface area contributed by atoms with Gasteiger partial charge >= 0.3 is 0 Å². The first kappa shape index (κ1) is 9.33. The predicted octanol–water partition coefficient (Wildman–Crippen LogP) is 0.755. The van der Waals surface area contributed by atoms with Crippen LogP contribution in [0, 0.1) is 5.92 Å². The van der Waals surface area contributed by atoms with E-state index in [1.165, 1.54) is 0 Å². The minimum Gasteiger partial charge on any atom is -0.349 e. The van der Waals surface area contributed by atoms with Crippen LogP contribution in [0.2, 0.25) is 0 Å². The smallest absolute Gasteiger partial charge is 0.223 e. The third kappa shape index (κ3) is 1.64. The highest BCUT2D eigenvalue weighted by molar-refractivity contribution is 5.80. The Morgan fingerprint density at radius 2 is 2.31 bits per heavy atom. The Labute approximate surface area is 92.5 Å². The maximum atomic E-state index is 11.5. The molecule has 3 rings (SSSR count). The van der Waals surface area contributed by atoms with Gasteiger partial charge in [-0.05, 0) is 25.0 Å². The highest BCUT2D eigenvalue weighted by Crippen LogP contribution is 2.28. The van der Waals surface area contributed by atoms with Crippen LogP contribution in [0.3, 0.4) is 0 Å². The van der Waals surface area contributed by atoms with Crippen LogP contribution >= 0.6 is 0 Å². The summed E-state index contributed by atoms with van der Waals surface area (Å²) in [7, 11) is 0. The Balaban J connectivity index is 1.76. The molecule has 1 N–H and O–H groups in total. The SMILES string of the molecule is O=C(NCc1nnc2ccccn12)C1CC1. The second kappa shape index (κ2) is 3.59. The van der Waals surface area contributed by atoms with Gasteiger partial charge in [0.2, 0.25) is 5.91 Å². The highest BCUT2D eigenvalue weighted by Gasteiger charge is 2.29. The molecule has 1 fully saturated rings. The molecule has 0 spiro atoms. The van der Waals surface area contributed by atoms with Crippen molar-refractivity contribution in [2.24, 2.45) is 5.92 Å². The van der Waals surface area contributed by atoms with Gasteiger partial charge in [-0.2, -0.15) is 0 Å². The molecule has 0 bridgehead atoms. The first-order chi connectivity index (χ1) is 7.84. The summed E-state index contributed by atoms with van der Waals surface area (Å²) in [5.41, 5.74) is 0.804. The lowest BCUT2D eigenvalue weighted by Crippen LogP contribution is -2.25. The summed E-state index contributed by atoms with van der Waals surface area (Å²) in [6.07, 6.45) is 3.94. The van der Waals surface area contributed by atoms with Gasteiger partial charge in [0.05, 0.1) is 6.54 Å². The van der Waals surface area contributed by atoms with Crippen LogP contribution in [0.25, 0.3) is 5.65 Å². The van der Waals surface area contributed by atoms with Crippen molar-refractivity contribution in [1.82, 2.24) is 19.9 Å². The van der Waals surface area contributed by atoms with Gasteiger partial charge in [-0.25, -0.2) is 0 Å². The molecule has 82 valence electrons. The van der Waals surface area contributed by atoms with Gasteiger partial charge in [-0.1, -0.05) is 6.07 Å². The molecule has 0 unspecified atom stereocenters. The Morgan fingerprint density at radius 3 is 3.12 bits per heavy atom. The Kier molecular flexibility index (Phi) is 2.09. The molecule has 1 saturated carbocycles. The van der Waals surface area contributed by atoms with E-state index < -0.39 is 0 Å². The molecule has 0 atom stereocenters. The minimum absolute atomic E-state index is 0.132. The molecule has 0 aliphatic heterocycles. The van der Waals surface area contributed by atoms with Crippen molar-refractivity contribution in [3.8, 4) is 0 Å². The van der Waals surface area contributed by atoms with E-state index in [0.29, 0.717) is 6.54 Å². The first-order valence-electron chi connectivity index (χ1n) is 5.41. The monoisotopic (exact) mass is 216 g/mol. The number of amides is 1. The largest absolute Gasteiger partial charge is 0.349 e. The van der Waals surface area contributed by atoms with Gasteiger partial charge < -0.3 is 5.32 Å². The Morgan fingerprint density at radius 1 is 1.44 bits per heavy atom. The molecular weight excluding hydrogens is 204 g/mol. The standard InChI is InChI=1S/C11H12N4O/c16-11(8-4-5-8)12-7-10-14-13-9-3-1-2-6-15(9)10/h1-3,6,8H,4-5,7H2,(H,12,16). The van der Waals surface area contributed by atoms with Crippen molar-refractivity contribution in [3.63, 3.8) is 0 Å². The molecule has 5 heteroatoms. The van der Waals surface area contributed by atoms with Gasteiger partial charge in [-0.3, -0.25) is 9.20 Å². The fourth-order valence-electron chi connectivity index (χ4n) is 1.67. The number of nitrogens with zero attached hydrogens (tertiary/aromatic N) is 3. The molecule has 1 aliphatic carbocycles. The zero-order chi connectivity index (χ0) is 11.0. The molecule has 2 heterocycles. The highest BCUT2D eigenvalue weighted by atomic mass is 16.2. The molecule has 2 aromatic rings. The van der Waals surface area contributed by atoms with E-state index in [1.807, 2.05) is 28.8 Å². The lowest BCUT2D eigenvalue weighted by atomic mass is 10.4. The number of hydrogen-bond acceptors (Lipinski definition) is 3. The third-order valence-corrected chi connectivity index (χ3v) is 2.75. The number of aromatic nitrogens is 3. The average molecular weight is 216 g/mol. The maximum Gasteiger partial charge on any atom is 0.223 e. The van der Waals surface area contributed by atoms with Crippen molar-refractivity contribution in [1.29, 1.82) is 0 Å². The van der Waals surface area contributed by atoms with Crippen LogP contribution in [-0.2, 0) is 11.3 Å². The summed E-state index contributed by atoms with van der Waals surface area (Å²) in [4.78, 5) is 11.5. The Bertz CT molecular complexity index is 530. The lowest BCUT2D eigenvalue weighted by Gasteiger charge is -2.02. The number of nitrogens with one attached hydrogen (secondary N) is 1. The molecule has 16 heavy (non-hydrogen) atoms. The van der Waals surface area contributed by atoms with Gasteiger partial charge in [-0.15, -0.1) is 10.2 Å². The molecule has 0 saturated heterocycles. The van der Waals surface area contributed by atoms with Crippen molar-refractivity contribution in [2.45, 2.75) is 19.4 Å². The summed E-state index contributed by atoms with van der Waals surface area (Å²) in [5.74, 6) is 1.14. The zero-order valence-electron chi connectivity index (χ0n) is 8.76. The first-order valence-corrected chi connectivity index (χ1v) is 5.41. The van der Waals surface area contributed by atoms with Gasteiger partial charge in [0.25, 0.3) is 0 Å². The molecular formula is C11H12N4O. The Hall–Kier alpha value is -1.91. The van der Waals surface area contributed by atoms with Crippen molar-refractivity contribution < 1.29 is 4.79 Å². The quantitative estimate of drug-likeness (QED) is 0.823. The molecule has 5 nitrogen and oxygen atoms in total.